The van der Waals surface area contributed by atoms with Crippen molar-refractivity contribution in [2.75, 3.05) is 11.9 Å². The van der Waals surface area contributed by atoms with Crippen LogP contribution in [-0.2, 0) is 11.3 Å². The molecule has 0 spiro atoms. The lowest BCUT2D eigenvalue weighted by molar-refractivity contribution is -0.120. The van der Waals surface area contributed by atoms with Gasteiger partial charge in [-0.15, -0.1) is 16.8 Å². The standard InChI is InChI=1S/C16H20N4OS2/c1-4-9-17-15-19-20-16(23-15)22-12(3)14(21)18-10-13-7-5-11(2)6-8-13/h4-8,12H,1,9-10H2,2-3H3,(H,17,19)(H,18,21)/t12-/m0/s1. The summed E-state index contributed by atoms with van der Waals surface area (Å²) in [6, 6.07) is 8.13. The lowest BCUT2D eigenvalue weighted by Gasteiger charge is -2.10. The summed E-state index contributed by atoms with van der Waals surface area (Å²) in [6.45, 7) is 8.73. The summed E-state index contributed by atoms with van der Waals surface area (Å²) >= 11 is 2.85. The number of nitrogens with zero attached hydrogens (tertiary/aromatic N) is 2. The zero-order valence-electron chi connectivity index (χ0n) is 13.2. The predicted octanol–water partition coefficient (Wildman–Crippen LogP) is 3.24. The first kappa shape index (κ1) is 17.5. The van der Waals surface area contributed by atoms with Crippen molar-refractivity contribution in [3.63, 3.8) is 0 Å². The highest BCUT2D eigenvalue weighted by molar-refractivity contribution is 8.02. The first-order valence-electron chi connectivity index (χ1n) is 7.26. The molecule has 0 bridgehead atoms. The Morgan fingerprint density at radius 2 is 2.13 bits per heavy atom. The number of hydrogen-bond acceptors (Lipinski definition) is 6. The smallest absolute Gasteiger partial charge is 0.233 e. The van der Waals surface area contributed by atoms with Gasteiger partial charge < -0.3 is 10.6 Å². The molecule has 1 atom stereocenters. The molecule has 1 amide bonds. The molecule has 0 aliphatic carbocycles. The van der Waals surface area contributed by atoms with Crippen LogP contribution in [0.15, 0.2) is 41.3 Å². The van der Waals surface area contributed by atoms with Crippen molar-refractivity contribution in [1.82, 2.24) is 15.5 Å². The summed E-state index contributed by atoms with van der Waals surface area (Å²) in [7, 11) is 0. The summed E-state index contributed by atoms with van der Waals surface area (Å²) in [4.78, 5) is 12.2. The second-order valence-corrected chi connectivity index (χ2v) is 7.57. The Kier molecular flexibility index (Phi) is 6.61. The van der Waals surface area contributed by atoms with Gasteiger partial charge in [-0.3, -0.25) is 4.79 Å². The number of nitrogens with one attached hydrogen (secondary N) is 2. The van der Waals surface area contributed by atoms with E-state index in [4.69, 9.17) is 0 Å². The molecule has 2 rings (SSSR count). The topological polar surface area (TPSA) is 66.9 Å². The normalized spacial score (nSPS) is 11.7. The van der Waals surface area contributed by atoms with Crippen molar-refractivity contribution in [2.45, 2.75) is 30.0 Å². The van der Waals surface area contributed by atoms with E-state index in [-0.39, 0.29) is 11.2 Å². The van der Waals surface area contributed by atoms with Crippen LogP contribution in [0.25, 0.3) is 0 Å². The Morgan fingerprint density at radius 1 is 1.39 bits per heavy atom. The number of carbonyl (C=O) groups excluding carboxylic acids is 1. The van der Waals surface area contributed by atoms with Gasteiger partial charge in [0.05, 0.1) is 5.25 Å². The summed E-state index contributed by atoms with van der Waals surface area (Å²) in [5.74, 6) is -0.00799. The molecule has 5 nitrogen and oxygen atoms in total. The van der Waals surface area contributed by atoms with Crippen molar-refractivity contribution in [2.24, 2.45) is 0 Å². The number of amides is 1. The second kappa shape index (κ2) is 8.69. The van der Waals surface area contributed by atoms with Crippen LogP contribution >= 0.6 is 23.1 Å². The van der Waals surface area contributed by atoms with E-state index < -0.39 is 0 Å². The van der Waals surface area contributed by atoms with E-state index in [1.165, 1.54) is 28.7 Å². The van der Waals surface area contributed by atoms with Gasteiger partial charge in [-0.1, -0.05) is 59.0 Å². The van der Waals surface area contributed by atoms with Gasteiger partial charge in [-0.05, 0) is 19.4 Å². The molecule has 0 saturated carbocycles. The summed E-state index contributed by atoms with van der Waals surface area (Å²) in [5, 5.41) is 14.6. The Morgan fingerprint density at radius 3 is 2.83 bits per heavy atom. The Bertz CT molecular complexity index is 654. The zero-order chi connectivity index (χ0) is 16.7. The van der Waals surface area contributed by atoms with E-state index in [9.17, 15) is 4.79 Å². The van der Waals surface area contributed by atoms with Crippen LogP contribution < -0.4 is 10.6 Å². The zero-order valence-corrected chi connectivity index (χ0v) is 14.8. The SMILES string of the molecule is C=CCNc1nnc(S[C@@H](C)C(=O)NCc2ccc(C)cc2)s1. The fraction of sp³-hybridized carbons (Fsp3) is 0.312. The summed E-state index contributed by atoms with van der Waals surface area (Å²) in [5.41, 5.74) is 2.30. The van der Waals surface area contributed by atoms with E-state index in [0.29, 0.717) is 13.1 Å². The first-order valence-corrected chi connectivity index (χ1v) is 8.96. The van der Waals surface area contributed by atoms with Crippen molar-refractivity contribution >= 4 is 34.1 Å². The largest absolute Gasteiger partial charge is 0.357 e. The molecule has 122 valence electrons. The summed E-state index contributed by atoms with van der Waals surface area (Å²) in [6.07, 6.45) is 1.76. The van der Waals surface area contributed by atoms with E-state index in [1.807, 2.05) is 38.1 Å². The van der Waals surface area contributed by atoms with Gasteiger partial charge in [-0.25, -0.2) is 0 Å². The van der Waals surface area contributed by atoms with Crippen molar-refractivity contribution in [1.29, 1.82) is 0 Å². The maximum atomic E-state index is 12.2. The average Bonchev–Trinajstić information content (AvgIpc) is 2.99. The minimum Gasteiger partial charge on any atom is -0.357 e. The fourth-order valence-corrected chi connectivity index (χ4v) is 3.66. The lowest BCUT2D eigenvalue weighted by atomic mass is 10.1. The van der Waals surface area contributed by atoms with Gasteiger partial charge in [0.2, 0.25) is 11.0 Å². The molecule has 0 fully saturated rings. The van der Waals surface area contributed by atoms with Crippen LogP contribution in [0.5, 0.6) is 0 Å². The van der Waals surface area contributed by atoms with Crippen molar-refractivity contribution < 1.29 is 4.79 Å². The molecule has 7 heteroatoms. The van der Waals surface area contributed by atoms with Crippen molar-refractivity contribution in [3.05, 3.63) is 48.0 Å². The van der Waals surface area contributed by atoms with Gasteiger partial charge in [0.15, 0.2) is 4.34 Å². The number of aromatic nitrogens is 2. The number of hydrogen-bond donors (Lipinski definition) is 2. The third-order valence-corrected chi connectivity index (χ3v) is 5.10. The maximum absolute atomic E-state index is 12.2. The monoisotopic (exact) mass is 348 g/mol. The fourth-order valence-electron chi connectivity index (χ4n) is 1.73. The molecule has 23 heavy (non-hydrogen) atoms. The molecule has 2 aromatic rings. The van der Waals surface area contributed by atoms with Gasteiger partial charge >= 0.3 is 0 Å². The van der Waals surface area contributed by atoms with Gasteiger partial charge in [0.1, 0.15) is 0 Å². The first-order chi connectivity index (χ1) is 11.1. The average molecular weight is 348 g/mol. The van der Waals surface area contributed by atoms with Crippen LogP contribution in [0.4, 0.5) is 5.13 Å². The highest BCUT2D eigenvalue weighted by Crippen LogP contribution is 2.28. The lowest BCUT2D eigenvalue weighted by Crippen LogP contribution is -2.30. The van der Waals surface area contributed by atoms with Crippen LogP contribution in [0, 0.1) is 6.92 Å². The molecule has 0 saturated heterocycles. The Balaban J connectivity index is 1.81. The molecule has 0 unspecified atom stereocenters. The maximum Gasteiger partial charge on any atom is 0.233 e. The number of aryl methyl sites for hydroxylation is 1. The summed E-state index contributed by atoms with van der Waals surface area (Å²) < 4.78 is 0.773. The van der Waals surface area contributed by atoms with Crippen molar-refractivity contribution in [3.8, 4) is 0 Å². The van der Waals surface area contributed by atoms with Crippen LogP contribution in [0.2, 0.25) is 0 Å². The van der Waals surface area contributed by atoms with E-state index in [2.05, 4.69) is 27.4 Å². The molecule has 0 aliphatic heterocycles. The molecule has 1 heterocycles. The van der Waals surface area contributed by atoms with E-state index in [1.54, 1.807) is 6.08 Å². The van der Waals surface area contributed by atoms with E-state index >= 15 is 0 Å². The quantitative estimate of drug-likeness (QED) is 0.566. The highest BCUT2D eigenvalue weighted by Gasteiger charge is 2.16. The molecule has 0 radical (unpaired) electrons. The highest BCUT2D eigenvalue weighted by atomic mass is 32.2. The number of thioether (sulfide) groups is 1. The van der Waals surface area contributed by atoms with Gasteiger partial charge in [0.25, 0.3) is 0 Å². The van der Waals surface area contributed by atoms with Crippen LogP contribution in [0.1, 0.15) is 18.1 Å². The third-order valence-electron chi connectivity index (χ3n) is 3.04. The van der Waals surface area contributed by atoms with Crippen LogP contribution in [-0.4, -0.2) is 27.9 Å². The molecular weight excluding hydrogens is 328 g/mol. The number of anilines is 1. The molecule has 0 aliphatic rings. The number of rotatable bonds is 8. The van der Waals surface area contributed by atoms with E-state index in [0.717, 1.165) is 15.0 Å². The van der Waals surface area contributed by atoms with Gasteiger partial charge in [-0.2, -0.15) is 0 Å². The van der Waals surface area contributed by atoms with Gasteiger partial charge in [0, 0.05) is 13.1 Å². The molecular formula is C16H20N4OS2. The second-order valence-electron chi connectivity index (χ2n) is 5.01. The molecule has 2 N–H and O–H groups in total. The predicted molar refractivity (Wildman–Crippen MR) is 96.9 cm³/mol. The van der Waals surface area contributed by atoms with Crippen LogP contribution in [0.3, 0.4) is 0 Å². The molecule has 1 aromatic heterocycles. The number of carbonyl (C=O) groups is 1. The molecule has 1 aromatic carbocycles. The minimum absolute atomic E-state index is 0.00799. The minimum atomic E-state index is -0.222. The third kappa shape index (κ3) is 5.69. The Hall–Kier alpha value is -1.86. The number of benzene rings is 1. The Labute approximate surface area is 144 Å².